The van der Waals surface area contributed by atoms with E-state index in [1.165, 1.54) is 19.2 Å². The topological polar surface area (TPSA) is 111 Å². The number of hydrogen-bond acceptors (Lipinski definition) is 5. The quantitative estimate of drug-likeness (QED) is 0.427. The number of nitrogen functional groups attached to an aromatic ring is 1. The van der Waals surface area contributed by atoms with E-state index in [-0.39, 0.29) is 25.3 Å². The van der Waals surface area contributed by atoms with Crippen LogP contribution in [-0.4, -0.2) is 37.0 Å². The van der Waals surface area contributed by atoms with Gasteiger partial charge in [-0.1, -0.05) is 24.3 Å². The van der Waals surface area contributed by atoms with Crippen LogP contribution in [0.15, 0.2) is 48.5 Å². The molecule has 0 aliphatic heterocycles. The predicted molar refractivity (Wildman–Crippen MR) is 111 cm³/mol. The number of rotatable bonds is 9. The highest BCUT2D eigenvalue weighted by atomic mass is 19.1. The highest BCUT2D eigenvalue weighted by Gasteiger charge is 2.35. The van der Waals surface area contributed by atoms with E-state index >= 15 is 0 Å². The van der Waals surface area contributed by atoms with Gasteiger partial charge in [0.05, 0.1) is 7.11 Å². The first-order valence-electron chi connectivity index (χ1n) is 9.47. The van der Waals surface area contributed by atoms with Crippen molar-refractivity contribution in [2.24, 2.45) is 0 Å². The molecule has 0 spiro atoms. The fraction of sp³-hybridized carbons (Fsp3) is 0.318. The van der Waals surface area contributed by atoms with Crippen LogP contribution in [0.4, 0.5) is 10.1 Å². The number of esters is 1. The number of nitrogens with two attached hydrogens (primary N) is 1. The van der Waals surface area contributed by atoms with Crippen LogP contribution in [-0.2, 0) is 32.0 Å². The van der Waals surface area contributed by atoms with Crippen molar-refractivity contribution in [2.75, 3.05) is 19.4 Å². The first-order chi connectivity index (χ1) is 14.2. The monoisotopic (exact) mass is 415 g/mol. The molecule has 160 valence electrons. The van der Waals surface area contributed by atoms with Gasteiger partial charge in [-0.15, -0.1) is 0 Å². The van der Waals surface area contributed by atoms with Crippen molar-refractivity contribution < 1.29 is 23.5 Å². The number of ether oxygens (including phenoxy) is 1. The molecule has 0 saturated carbocycles. The number of hydrogen-bond donors (Lipinski definition) is 3. The summed E-state index contributed by atoms with van der Waals surface area (Å²) in [7, 11) is 1.21. The molecule has 8 heteroatoms. The zero-order valence-corrected chi connectivity index (χ0v) is 17.0. The Morgan fingerprint density at radius 2 is 1.63 bits per heavy atom. The number of anilines is 1. The molecule has 0 heterocycles. The fourth-order valence-electron chi connectivity index (χ4n) is 2.92. The smallest absolute Gasteiger partial charge is 0.325 e. The average molecular weight is 415 g/mol. The molecular formula is C22H26FN3O4. The van der Waals surface area contributed by atoms with Crippen LogP contribution in [0.2, 0.25) is 0 Å². The summed E-state index contributed by atoms with van der Waals surface area (Å²) < 4.78 is 17.7. The molecule has 30 heavy (non-hydrogen) atoms. The minimum atomic E-state index is -1.34. The number of benzene rings is 2. The minimum Gasteiger partial charge on any atom is -0.468 e. The van der Waals surface area contributed by atoms with E-state index in [0.717, 1.165) is 5.56 Å². The summed E-state index contributed by atoms with van der Waals surface area (Å²) in [4.78, 5) is 36.7. The molecule has 2 amide bonds. The summed E-state index contributed by atoms with van der Waals surface area (Å²) in [5.41, 5.74) is 6.55. The number of carbonyl (C=O) groups excluding carboxylic acids is 3. The fourth-order valence-corrected chi connectivity index (χ4v) is 2.92. The molecule has 0 saturated heterocycles. The van der Waals surface area contributed by atoms with Crippen LogP contribution in [0.1, 0.15) is 24.5 Å². The van der Waals surface area contributed by atoms with E-state index in [1.54, 1.807) is 31.2 Å². The zero-order chi connectivity index (χ0) is 22.1. The summed E-state index contributed by atoms with van der Waals surface area (Å²) in [6.45, 7) is 1.24. The SMILES string of the molecule is COC(=O)CNC(=O)[C@](C)(Cc1ccc(F)cc1)NC(=O)CCc1ccc(N)cc1. The van der Waals surface area contributed by atoms with E-state index in [9.17, 15) is 18.8 Å². The summed E-state index contributed by atoms with van der Waals surface area (Å²) >= 11 is 0. The molecule has 2 rings (SSSR count). The molecule has 0 aromatic heterocycles. The number of nitrogens with one attached hydrogen (secondary N) is 2. The third-order valence-corrected chi connectivity index (χ3v) is 4.63. The Bertz CT molecular complexity index is 884. The molecule has 2 aromatic rings. The van der Waals surface area contributed by atoms with Gasteiger partial charge in [0.2, 0.25) is 11.8 Å². The van der Waals surface area contributed by atoms with Crippen molar-refractivity contribution in [2.45, 2.75) is 31.7 Å². The first-order valence-corrected chi connectivity index (χ1v) is 9.47. The van der Waals surface area contributed by atoms with Gasteiger partial charge in [-0.2, -0.15) is 0 Å². The van der Waals surface area contributed by atoms with Crippen LogP contribution in [0.5, 0.6) is 0 Å². The lowest BCUT2D eigenvalue weighted by Gasteiger charge is -2.30. The molecular weight excluding hydrogens is 389 g/mol. The van der Waals surface area contributed by atoms with Crippen molar-refractivity contribution in [3.05, 3.63) is 65.5 Å². The van der Waals surface area contributed by atoms with Gasteiger partial charge >= 0.3 is 5.97 Å². The van der Waals surface area contributed by atoms with Crippen molar-refractivity contribution in [1.29, 1.82) is 0 Å². The van der Waals surface area contributed by atoms with Gasteiger partial charge in [0.25, 0.3) is 0 Å². The summed E-state index contributed by atoms with van der Waals surface area (Å²) in [6.07, 6.45) is 0.754. The molecule has 0 fully saturated rings. The second-order valence-electron chi connectivity index (χ2n) is 7.18. The van der Waals surface area contributed by atoms with Gasteiger partial charge in [0, 0.05) is 18.5 Å². The second-order valence-corrected chi connectivity index (χ2v) is 7.18. The highest BCUT2D eigenvalue weighted by molar-refractivity contribution is 5.93. The largest absolute Gasteiger partial charge is 0.468 e. The van der Waals surface area contributed by atoms with E-state index in [1.807, 2.05) is 12.1 Å². The first kappa shape index (κ1) is 22.9. The van der Waals surface area contributed by atoms with Crippen LogP contribution in [0.25, 0.3) is 0 Å². The Kier molecular flexibility index (Phi) is 7.91. The number of aryl methyl sites for hydroxylation is 1. The molecule has 0 aliphatic carbocycles. The maximum atomic E-state index is 13.2. The van der Waals surface area contributed by atoms with E-state index in [2.05, 4.69) is 15.4 Å². The number of carbonyl (C=O) groups is 3. The maximum absolute atomic E-state index is 13.2. The Morgan fingerprint density at radius 3 is 2.23 bits per heavy atom. The Balaban J connectivity index is 2.09. The molecule has 0 bridgehead atoms. The van der Waals surface area contributed by atoms with Gasteiger partial charge in [-0.25, -0.2) is 4.39 Å². The van der Waals surface area contributed by atoms with Gasteiger partial charge in [0.15, 0.2) is 0 Å². The van der Waals surface area contributed by atoms with Crippen LogP contribution < -0.4 is 16.4 Å². The summed E-state index contributed by atoms with van der Waals surface area (Å²) in [5, 5.41) is 5.23. The predicted octanol–water partition coefficient (Wildman–Crippen LogP) is 1.75. The zero-order valence-electron chi connectivity index (χ0n) is 17.0. The van der Waals surface area contributed by atoms with Crippen molar-refractivity contribution >= 4 is 23.5 Å². The Morgan fingerprint density at radius 1 is 1.03 bits per heavy atom. The normalized spacial score (nSPS) is 12.5. The Hall–Kier alpha value is -3.42. The number of amides is 2. The van der Waals surface area contributed by atoms with Crippen LogP contribution >= 0.6 is 0 Å². The third-order valence-electron chi connectivity index (χ3n) is 4.63. The lowest BCUT2D eigenvalue weighted by atomic mass is 9.91. The van der Waals surface area contributed by atoms with Crippen LogP contribution in [0, 0.1) is 5.82 Å². The number of halogens is 1. The van der Waals surface area contributed by atoms with Gasteiger partial charge < -0.3 is 21.1 Å². The van der Waals surface area contributed by atoms with Gasteiger partial charge in [-0.3, -0.25) is 14.4 Å². The number of methoxy groups -OCH3 is 1. The molecule has 0 unspecified atom stereocenters. The molecule has 2 aromatic carbocycles. The minimum absolute atomic E-state index is 0.119. The van der Waals surface area contributed by atoms with Gasteiger partial charge in [0.1, 0.15) is 17.9 Å². The molecule has 1 atom stereocenters. The van der Waals surface area contributed by atoms with E-state index in [0.29, 0.717) is 17.7 Å². The Labute approximate surface area is 174 Å². The standard InChI is InChI=1S/C22H26FN3O4/c1-22(21(29)25-14-20(28)30-2,13-16-3-8-17(23)9-4-16)26-19(27)12-7-15-5-10-18(24)11-6-15/h3-6,8-11H,7,12-14,24H2,1-2H3,(H,25,29)(H,26,27)/t22-/m0/s1. The lowest BCUT2D eigenvalue weighted by molar-refractivity contribution is -0.142. The second kappa shape index (κ2) is 10.4. The highest BCUT2D eigenvalue weighted by Crippen LogP contribution is 2.16. The average Bonchev–Trinajstić information content (AvgIpc) is 2.72. The van der Waals surface area contributed by atoms with E-state index in [4.69, 9.17) is 5.73 Å². The van der Waals surface area contributed by atoms with Gasteiger partial charge in [-0.05, 0) is 48.7 Å². The lowest BCUT2D eigenvalue weighted by Crippen LogP contribution is -2.58. The van der Waals surface area contributed by atoms with Crippen molar-refractivity contribution in [1.82, 2.24) is 10.6 Å². The van der Waals surface area contributed by atoms with Crippen molar-refractivity contribution in [3.8, 4) is 0 Å². The van der Waals surface area contributed by atoms with Crippen LogP contribution in [0.3, 0.4) is 0 Å². The maximum Gasteiger partial charge on any atom is 0.325 e. The van der Waals surface area contributed by atoms with E-state index < -0.39 is 23.2 Å². The third kappa shape index (κ3) is 6.88. The molecule has 0 aliphatic rings. The molecule has 4 N–H and O–H groups in total. The van der Waals surface area contributed by atoms with Crippen molar-refractivity contribution in [3.63, 3.8) is 0 Å². The summed E-state index contributed by atoms with van der Waals surface area (Å²) in [6, 6.07) is 12.8. The molecule has 0 radical (unpaired) electrons. The molecule has 7 nitrogen and oxygen atoms in total. The summed E-state index contributed by atoms with van der Waals surface area (Å²) in [5.74, 6) is -1.88.